The lowest BCUT2D eigenvalue weighted by atomic mass is 9.68. The summed E-state index contributed by atoms with van der Waals surface area (Å²) in [6, 6.07) is 15.0. The van der Waals surface area contributed by atoms with E-state index in [-0.39, 0.29) is 23.9 Å². The van der Waals surface area contributed by atoms with Crippen LogP contribution < -0.4 is 20.1 Å². The summed E-state index contributed by atoms with van der Waals surface area (Å²) in [6.07, 6.45) is 1.20. The molecule has 0 bridgehead atoms. The molecule has 3 aliphatic rings. The van der Waals surface area contributed by atoms with Gasteiger partial charge in [-0.15, -0.1) is 0 Å². The number of allylic oxidation sites excluding steroid dienone is 3. The number of carbonyl (C=O) groups is 2. The largest absolute Gasteiger partial charge is 0.454 e. The predicted molar refractivity (Wildman–Crippen MR) is 121 cm³/mol. The number of hydrogen-bond acceptors (Lipinski definition) is 5. The zero-order chi connectivity index (χ0) is 22.5. The highest BCUT2D eigenvalue weighted by Crippen LogP contribution is 2.48. The Morgan fingerprint density at radius 1 is 1.06 bits per heavy atom. The number of dihydropyridines is 1. The van der Waals surface area contributed by atoms with Gasteiger partial charge < -0.3 is 20.1 Å². The molecule has 0 fully saturated rings. The van der Waals surface area contributed by atoms with Crippen LogP contribution in [-0.2, 0) is 9.59 Å². The van der Waals surface area contributed by atoms with E-state index in [2.05, 4.69) is 24.5 Å². The lowest BCUT2D eigenvalue weighted by Crippen LogP contribution is -2.39. The maximum Gasteiger partial charge on any atom is 0.254 e. The molecule has 2 aromatic rings. The molecule has 0 radical (unpaired) electrons. The second-order valence-electron chi connectivity index (χ2n) is 9.36. The van der Waals surface area contributed by atoms with E-state index >= 15 is 0 Å². The van der Waals surface area contributed by atoms with Crippen LogP contribution >= 0.6 is 0 Å². The predicted octanol–water partition coefficient (Wildman–Crippen LogP) is 4.66. The van der Waals surface area contributed by atoms with Gasteiger partial charge in [0.25, 0.3) is 5.91 Å². The first-order valence-electron chi connectivity index (χ1n) is 10.8. The summed E-state index contributed by atoms with van der Waals surface area (Å²) >= 11 is 0. The van der Waals surface area contributed by atoms with E-state index in [1.165, 1.54) is 0 Å². The molecule has 164 valence electrons. The van der Waals surface area contributed by atoms with Gasteiger partial charge in [-0.1, -0.05) is 38.1 Å². The highest BCUT2D eigenvalue weighted by Gasteiger charge is 2.43. The second-order valence-corrected chi connectivity index (χ2v) is 9.36. The Labute approximate surface area is 187 Å². The molecule has 0 spiro atoms. The van der Waals surface area contributed by atoms with Crippen LogP contribution in [0, 0.1) is 5.41 Å². The van der Waals surface area contributed by atoms with Crippen molar-refractivity contribution in [3.63, 3.8) is 0 Å². The van der Waals surface area contributed by atoms with Crippen LogP contribution in [0.25, 0.3) is 0 Å². The normalized spacial score (nSPS) is 21.2. The van der Waals surface area contributed by atoms with E-state index in [9.17, 15) is 9.59 Å². The number of ketones is 1. The van der Waals surface area contributed by atoms with Gasteiger partial charge >= 0.3 is 0 Å². The monoisotopic (exact) mass is 430 g/mol. The molecular weight excluding hydrogens is 404 g/mol. The average Bonchev–Trinajstić information content (AvgIpc) is 3.20. The first-order valence-corrected chi connectivity index (χ1v) is 10.8. The van der Waals surface area contributed by atoms with Crippen molar-refractivity contribution in [2.75, 3.05) is 12.1 Å². The Balaban J connectivity index is 1.62. The van der Waals surface area contributed by atoms with Crippen LogP contribution in [0.3, 0.4) is 0 Å². The zero-order valence-electron chi connectivity index (χ0n) is 18.5. The molecule has 1 atom stereocenters. The number of ether oxygens (including phenoxy) is 2. The maximum atomic E-state index is 13.5. The maximum absolute atomic E-state index is 13.5. The number of fused-ring (bicyclic) bond motifs is 1. The Hall–Kier alpha value is -3.54. The van der Waals surface area contributed by atoms with Crippen molar-refractivity contribution in [2.45, 2.75) is 39.5 Å². The summed E-state index contributed by atoms with van der Waals surface area (Å²) in [7, 11) is 0. The molecule has 6 heteroatoms. The molecular formula is C26H26N2O4. The minimum Gasteiger partial charge on any atom is -0.454 e. The van der Waals surface area contributed by atoms with E-state index in [1.807, 2.05) is 55.5 Å². The Morgan fingerprint density at radius 3 is 2.59 bits per heavy atom. The third-order valence-electron chi connectivity index (χ3n) is 6.25. The molecule has 0 saturated carbocycles. The minimum absolute atomic E-state index is 0.0731. The number of benzene rings is 2. The van der Waals surface area contributed by atoms with Crippen LogP contribution in [0.1, 0.15) is 45.1 Å². The highest BCUT2D eigenvalue weighted by molar-refractivity contribution is 6.10. The van der Waals surface area contributed by atoms with Gasteiger partial charge in [0.2, 0.25) is 6.79 Å². The smallest absolute Gasteiger partial charge is 0.254 e. The van der Waals surface area contributed by atoms with Gasteiger partial charge in [0, 0.05) is 40.6 Å². The van der Waals surface area contributed by atoms with Crippen LogP contribution in [0.4, 0.5) is 5.69 Å². The van der Waals surface area contributed by atoms with E-state index in [1.54, 1.807) is 0 Å². The third kappa shape index (κ3) is 3.55. The standard InChI is InChI=1S/C26H26N2O4/c1-15-22(25(30)28-17-7-5-4-6-8-17)23(16-9-10-20-21(11-16)32-14-31-20)24-18(27-15)12-26(2,3)13-19(24)29/h4-11,23,27H,12-14H2,1-3H3,(H,28,30)/t23-/m0/s1. The third-order valence-corrected chi connectivity index (χ3v) is 6.25. The quantitative estimate of drug-likeness (QED) is 0.741. The molecule has 0 aromatic heterocycles. The van der Waals surface area contributed by atoms with Gasteiger partial charge in [0.1, 0.15) is 0 Å². The molecule has 2 N–H and O–H groups in total. The molecule has 6 nitrogen and oxygen atoms in total. The molecule has 0 saturated heterocycles. The van der Waals surface area contributed by atoms with Crippen LogP contribution in [-0.4, -0.2) is 18.5 Å². The van der Waals surface area contributed by atoms with Gasteiger partial charge in [-0.2, -0.15) is 0 Å². The molecule has 5 rings (SSSR count). The zero-order valence-corrected chi connectivity index (χ0v) is 18.5. The van der Waals surface area contributed by atoms with Crippen molar-refractivity contribution in [1.29, 1.82) is 0 Å². The number of para-hydroxylation sites is 1. The number of hydrogen-bond donors (Lipinski definition) is 2. The van der Waals surface area contributed by atoms with Crippen LogP contribution in [0.2, 0.25) is 0 Å². The molecule has 0 unspecified atom stereocenters. The van der Waals surface area contributed by atoms with Gasteiger partial charge in [0.15, 0.2) is 17.3 Å². The molecule has 1 amide bonds. The highest BCUT2D eigenvalue weighted by atomic mass is 16.7. The molecule has 2 aromatic carbocycles. The molecule has 1 aliphatic carbocycles. The fourth-order valence-electron chi connectivity index (χ4n) is 4.88. The van der Waals surface area contributed by atoms with Gasteiger partial charge in [0.05, 0.1) is 0 Å². The SMILES string of the molecule is CC1=C(C(=O)Nc2ccccc2)[C@H](c2ccc3c(c2)OCO3)C2=C(CC(C)(C)CC2=O)N1. The van der Waals surface area contributed by atoms with Crippen molar-refractivity contribution < 1.29 is 19.1 Å². The van der Waals surface area contributed by atoms with E-state index < -0.39 is 5.92 Å². The van der Waals surface area contributed by atoms with Crippen molar-refractivity contribution in [3.8, 4) is 11.5 Å². The second kappa shape index (κ2) is 7.55. The Bertz CT molecular complexity index is 1180. The van der Waals surface area contributed by atoms with Crippen molar-refractivity contribution in [2.24, 2.45) is 5.41 Å². The van der Waals surface area contributed by atoms with E-state index in [4.69, 9.17) is 9.47 Å². The lowest BCUT2D eigenvalue weighted by molar-refractivity contribution is -0.118. The number of carbonyl (C=O) groups excluding carboxylic acids is 2. The van der Waals surface area contributed by atoms with Gasteiger partial charge in [-0.05, 0) is 48.6 Å². The first kappa shape index (κ1) is 20.4. The van der Waals surface area contributed by atoms with E-state index in [0.717, 1.165) is 23.4 Å². The molecule has 2 aliphatic heterocycles. The summed E-state index contributed by atoms with van der Waals surface area (Å²) in [5.41, 5.74) is 4.29. The Morgan fingerprint density at radius 2 is 1.81 bits per heavy atom. The minimum atomic E-state index is -0.479. The van der Waals surface area contributed by atoms with Crippen molar-refractivity contribution in [1.82, 2.24) is 5.32 Å². The molecule has 32 heavy (non-hydrogen) atoms. The van der Waals surface area contributed by atoms with E-state index in [0.29, 0.717) is 34.8 Å². The summed E-state index contributed by atoms with van der Waals surface area (Å²) in [4.78, 5) is 26.9. The van der Waals surface area contributed by atoms with Gasteiger partial charge in [-0.25, -0.2) is 0 Å². The fourth-order valence-corrected chi connectivity index (χ4v) is 4.88. The molecule has 2 heterocycles. The lowest BCUT2D eigenvalue weighted by Gasteiger charge is -2.39. The average molecular weight is 431 g/mol. The summed E-state index contributed by atoms with van der Waals surface area (Å²) < 4.78 is 11.1. The number of anilines is 1. The number of Topliss-reactive ketones (excluding diaryl/α,β-unsaturated/α-hetero) is 1. The fraction of sp³-hybridized carbons (Fsp3) is 0.308. The number of nitrogens with one attached hydrogen (secondary N) is 2. The number of rotatable bonds is 3. The summed E-state index contributed by atoms with van der Waals surface area (Å²) in [6.45, 7) is 6.27. The Kier molecular flexibility index (Phi) is 4.81. The van der Waals surface area contributed by atoms with Gasteiger partial charge in [-0.3, -0.25) is 9.59 Å². The summed E-state index contributed by atoms with van der Waals surface area (Å²) in [5, 5.41) is 6.39. The topological polar surface area (TPSA) is 76.7 Å². The van der Waals surface area contributed by atoms with Crippen molar-refractivity contribution in [3.05, 3.63) is 76.6 Å². The number of amides is 1. The van der Waals surface area contributed by atoms with Crippen LogP contribution in [0.5, 0.6) is 11.5 Å². The van der Waals surface area contributed by atoms with Crippen LogP contribution in [0.15, 0.2) is 71.1 Å². The summed E-state index contributed by atoms with van der Waals surface area (Å²) in [5.74, 6) is 0.668. The van der Waals surface area contributed by atoms with Crippen molar-refractivity contribution >= 4 is 17.4 Å². The first-order chi connectivity index (χ1) is 15.3.